The SMILES string of the molecule is CC(C)N(C)S(=O)(=O)c1ccc(CNC(=O)[C@H]2NCCO[C@@H]2C)cc1.Cl. The van der Waals surface area contributed by atoms with Gasteiger partial charge in [-0.3, -0.25) is 4.79 Å². The molecule has 1 amide bonds. The fraction of sp³-hybridized carbons (Fsp3) is 0.588. The Morgan fingerprint density at radius 1 is 1.35 bits per heavy atom. The molecule has 148 valence electrons. The fourth-order valence-corrected chi connectivity index (χ4v) is 3.92. The zero-order chi connectivity index (χ0) is 18.6. The number of hydrogen-bond donors (Lipinski definition) is 2. The molecule has 0 spiro atoms. The van der Waals surface area contributed by atoms with Crippen molar-refractivity contribution in [3.63, 3.8) is 0 Å². The van der Waals surface area contributed by atoms with Gasteiger partial charge in [-0.1, -0.05) is 12.1 Å². The Kier molecular flexibility index (Phi) is 8.49. The summed E-state index contributed by atoms with van der Waals surface area (Å²) in [4.78, 5) is 12.5. The molecule has 0 saturated carbocycles. The van der Waals surface area contributed by atoms with Gasteiger partial charge in [-0.25, -0.2) is 8.42 Å². The van der Waals surface area contributed by atoms with E-state index in [0.717, 1.165) is 5.56 Å². The van der Waals surface area contributed by atoms with Gasteiger partial charge in [-0.05, 0) is 38.5 Å². The highest BCUT2D eigenvalue weighted by Crippen LogP contribution is 2.17. The van der Waals surface area contributed by atoms with Crippen molar-refractivity contribution in [1.29, 1.82) is 0 Å². The summed E-state index contributed by atoms with van der Waals surface area (Å²) in [6, 6.07) is 6.09. The number of sulfonamides is 1. The first-order chi connectivity index (χ1) is 11.7. The van der Waals surface area contributed by atoms with E-state index in [2.05, 4.69) is 10.6 Å². The van der Waals surface area contributed by atoms with E-state index in [-0.39, 0.29) is 41.4 Å². The highest BCUT2D eigenvalue weighted by Gasteiger charge is 2.28. The maximum atomic E-state index is 12.4. The summed E-state index contributed by atoms with van der Waals surface area (Å²) in [5.41, 5.74) is 0.837. The Morgan fingerprint density at radius 3 is 2.50 bits per heavy atom. The second-order valence-electron chi connectivity index (χ2n) is 6.48. The van der Waals surface area contributed by atoms with E-state index >= 15 is 0 Å². The molecule has 2 rings (SSSR count). The summed E-state index contributed by atoms with van der Waals surface area (Å²) in [6.07, 6.45) is -0.173. The van der Waals surface area contributed by atoms with Gasteiger partial charge in [0.15, 0.2) is 0 Å². The van der Waals surface area contributed by atoms with Crippen LogP contribution in [0.5, 0.6) is 0 Å². The Hall–Kier alpha value is -1.19. The highest BCUT2D eigenvalue weighted by atomic mass is 35.5. The summed E-state index contributed by atoms with van der Waals surface area (Å²) >= 11 is 0. The van der Waals surface area contributed by atoms with E-state index in [0.29, 0.717) is 19.7 Å². The maximum absolute atomic E-state index is 12.4. The molecule has 1 fully saturated rings. The number of hydrogen-bond acceptors (Lipinski definition) is 5. The largest absolute Gasteiger partial charge is 0.375 e. The molecular formula is C17H28ClN3O4S. The smallest absolute Gasteiger partial charge is 0.243 e. The summed E-state index contributed by atoms with van der Waals surface area (Å²) in [6.45, 7) is 7.10. The van der Waals surface area contributed by atoms with Crippen LogP contribution >= 0.6 is 12.4 Å². The molecule has 0 aliphatic carbocycles. The third-order valence-electron chi connectivity index (χ3n) is 4.39. The number of carbonyl (C=O) groups excluding carboxylic acids is 1. The van der Waals surface area contributed by atoms with Crippen LogP contribution in [0.2, 0.25) is 0 Å². The van der Waals surface area contributed by atoms with Crippen molar-refractivity contribution in [3.05, 3.63) is 29.8 Å². The Morgan fingerprint density at radius 2 is 1.96 bits per heavy atom. The molecule has 1 aromatic rings. The van der Waals surface area contributed by atoms with Crippen molar-refractivity contribution >= 4 is 28.3 Å². The normalized spacial score (nSPS) is 20.7. The second-order valence-corrected chi connectivity index (χ2v) is 8.48. The Balaban J connectivity index is 0.00000338. The summed E-state index contributed by atoms with van der Waals surface area (Å²) in [7, 11) is -1.93. The van der Waals surface area contributed by atoms with Crippen molar-refractivity contribution in [3.8, 4) is 0 Å². The lowest BCUT2D eigenvalue weighted by Gasteiger charge is -2.29. The van der Waals surface area contributed by atoms with Crippen LogP contribution in [0.25, 0.3) is 0 Å². The number of nitrogens with one attached hydrogen (secondary N) is 2. The molecule has 0 aromatic heterocycles. The predicted octanol–water partition coefficient (Wildman–Crippen LogP) is 1.13. The van der Waals surface area contributed by atoms with Crippen LogP contribution in [-0.2, 0) is 26.1 Å². The van der Waals surface area contributed by atoms with Gasteiger partial charge in [0.05, 0.1) is 17.6 Å². The molecular weight excluding hydrogens is 378 g/mol. The van der Waals surface area contributed by atoms with Gasteiger partial charge in [-0.2, -0.15) is 4.31 Å². The van der Waals surface area contributed by atoms with Gasteiger partial charge < -0.3 is 15.4 Å². The van der Waals surface area contributed by atoms with Gasteiger partial charge in [-0.15, -0.1) is 12.4 Å². The van der Waals surface area contributed by atoms with Crippen LogP contribution in [0.1, 0.15) is 26.3 Å². The molecule has 2 N–H and O–H groups in total. The zero-order valence-electron chi connectivity index (χ0n) is 15.6. The molecule has 0 unspecified atom stereocenters. The standard InChI is InChI=1S/C17H27N3O4S.ClH/c1-12(2)20(4)25(22,23)15-7-5-14(6-8-15)11-19-17(21)16-13(3)24-10-9-18-16;/h5-8,12-13,16,18H,9-11H2,1-4H3,(H,19,21);1H/t13-,16+;/m1./s1. The lowest BCUT2D eigenvalue weighted by Crippen LogP contribution is -2.55. The molecule has 9 heteroatoms. The number of nitrogens with zero attached hydrogens (tertiary/aromatic N) is 1. The number of benzene rings is 1. The molecule has 1 aromatic carbocycles. The fourth-order valence-electron chi connectivity index (χ4n) is 2.55. The molecule has 26 heavy (non-hydrogen) atoms. The van der Waals surface area contributed by atoms with Crippen molar-refractivity contribution in [1.82, 2.24) is 14.9 Å². The number of rotatable bonds is 6. The quantitative estimate of drug-likeness (QED) is 0.740. The first-order valence-electron chi connectivity index (χ1n) is 8.43. The third kappa shape index (κ3) is 5.40. The number of ether oxygens (including phenoxy) is 1. The molecule has 1 aliphatic heterocycles. The van der Waals surface area contributed by atoms with Crippen LogP contribution in [0.4, 0.5) is 0 Å². The molecule has 1 saturated heterocycles. The van der Waals surface area contributed by atoms with E-state index < -0.39 is 10.0 Å². The number of morpholine rings is 1. The van der Waals surface area contributed by atoms with Crippen molar-refractivity contribution < 1.29 is 17.9 Å². The minimum Gasteiger partial charge on any atom is -0.375 e. The van der Waals surface area contributed by atoms with Crippen molar-refractivity contribution in [2.45, 2.75) is 50.4 Å². The molecule has 2 atom stereocenters. The summed E-state index contributed by atoms with van der Waals surface area (Å²) in [5.74, 6) is -0.122. The van der Waals surface area contributed by atoms with Gasteiger partial charge >= 0.3 is 0 Å². The highest BCUT2D eigenvalue weighted by molar-refractivity contribution is 7.89. The average Bonchev–Trinajstić information content (AvgIpc) is 2.59. The van der Waals surface area contributed by atoms with Gasteiger partial charge in [0.1, 0.15) is 6.04 Å². The molecule has 0 bridgehead atoms. The van der Waals surface area contributed by atoms with Crippen molar-refractivity contribution in [2.75, 3.05) is 20.2 Å². The van der Waals surface area contributed by atoms with E-state index in [9.17, 15) is 13.2 Å². The Labute approximate surface area is 161 Å². The number of amides is 1. The summed E-state index contributed by atoms with van der Waals surface area (Å²) < 4.78 is 31.7. The lowest BCUT2D eigenvalue weighted by atomic mass is 10.1. The summed E-state index contributed by atoms with van der Waals surface area (Å²) in [5, 5.41) is 5.99. The number of halogens is 1. The molecule has 7 nitrogen and oxygen atoms in total. The van der Waals surface area contributed by atoms with E-state index in [1.54, 1.807) is 31.3 Å². The van der Waals surface area contributed by atoms with Crippen LogP contribution in [0.3, 0.4) is 0 Å². The monoisotopic (exact) mass is 405 g/mol. The first-order valence-corrected chi connectivity index (χ1v) is 9.87. The van der Waals surface area contributed by atoms with E-state index in [1.165, 1.54) is 4.31 Å². The molecule has 1 aliphatic rings. The van der Waals surface area contributed by atoms with Gasteiger partial charge in [0, 0.05) is 26.2 Å². The predicted molar refractivity (Wildman–Crippen MR) is 103 cm³/mol. The van der Waals surface area contributed by atoms with Gasteiger partial charge in [0.25, 0.3) is 0 Å². The lowest BCUT2D eigenvalue weighted by molar-refractivity contribution is -0.129. The number of carbonyl (C=O) groups is 1. The van der Waals surface area contributed by atoms with E-state index in [1.807, 2.05) is 20.8 Å². The molecule has 0 radical (unpaired) electrons. The maximum Gasteiger partial charge on any atom is 0.243 e. The second kappa shape index (κ2) is 9.66. The van der Waals surface area contributed by atoms with Crippen molar-refractivity contribution in [2.24, 2.45) is 0 Å². The Bertz CT molecular complexity index is 694. The van der Waals surface area contributed by atoms with Crippen LogP contribution in [0, 0.1) is 0 Å². The first kappa shape index (κ1) is 22.9. The topological polar surface area (TPSA) is 87.7 Å². The third-order valence-corrected chi connectivity index (χ3v) is 6.44. The molecule has 1 heterocycles. The van der Waals surface area contributed by atoms with Gasteiger partial charge in [0.2, 0.25) is 15.9 Å². The minimum absolute atomic E-state index is 0. The van der Waals surface area contributed by atoms with E-state index in [4.69, 9.17) is 4.74 Å². The minimum atomic E-state index is -3.49. The van der Waals surface area contributed by atoms with Crippen LogP contribution < -0.4 is 10.6 Å². The zero-order valence-corrected chi connectivity index (χ0v) is 17.2. The van der Waals surface area contributed by atoms with Crippen LogP contribution in [-0.4, -0.2) is 57.0 Å². The average molecular weight is 406 g/mol. The van der Waals surface area contributed by atoms with Crippen LogP contribution in [0.15, 0.2) is 29.2 Å².